The largest absolute Gasteiger partial charge is 0.463 e. The van der Waals surface area contributed by atoms with Crippen LogP contribution < -0.4 is 0 Å². The Morgan fingerprint density at radius 2 is 1.65 bits per heavy atom. The van der Waals surface area contributed by atoms with Gasteiger partial charge in [0.1, 0.15) is 0 Å². The van der Waals surface area contributed by atoms with Crippen LogP contribution in [0, 0.1) is 0 Å². The molecule has 2 aliphatic rings. The highest BCUT2D eigenvalue weighted by Gasteiger charge is 2.40. The van der Waals surface area contributed by atoms with Crippen molar-refractivity contribution in [3.8, 4) is 5.69 Å². The number of morpholine rings is 1. The molecule has 0 unspecified atom stereocenters. The first-order valence-corrected chi connectivity index (χ1v) is 12.9. The molecule has 0 amide bonds. The van der Waals surface area contributed by atoms with Crippen LogP contribution in [-0.2, 0) is 23.8 Å². The number of nitrogens with zero attached hydrogens (tertiary/aromatic N) is 4. The molecule has 9 heteroatoms. The molecule has 3 heterocycles. The van der Waals surface area contributed by atoms with E-state index in [2.05, 4.69) is 14.8 Å². The van der Waals surface area contributed by atoms with E-state index in [1.807, 2.05) is 48.9 Å². The molecule has 0 spiro atoms. The van der Waals surface area contributed by atoms with Crippen molar-refractivity contribution in [2.24, 2.45) is 0 Å². The molecule has 0 N–H and O–H groups in total. The average molecular weight is 509 g/mol. The molecule has 0 radical (unpaired) electrons. The number of ether oxygens (including phenoxy) is 3. The summed E-state index contributed by atoms with van der Waals surface area (Å²) in [5, 5.41) is 0. The molecule has 9 nitrogen and oxygen atoms in total. The van der Waals surface area contributed by atoms with E-state index >= 15 is 0 Å². The lowest BCUT2D eigenvalue weighted by Gasteiger charge is -2.39. The second-order valence-electron chi connectivity index (χ2n) is 9.04. The Kier molecular flexibility index (Phi) is 8.78. The second-order valence-corrected chi connectivity index (χ2v) is 9.04. The van der Waals surface area contributed by atoms with Crippen LogP contribution >= 0.6 is 0 Å². The highest BCUT2D eigenvalue weighted by molar-refractivity contribution is 6.00. The fraction of sp³-hybridized carbons (Fsp3) is 0.464. The number of carbonyl (C=O) groups is 2. The Hall–Kier alpha value is -3.43. The average Bonchev–Trinajstić information content (AvgIpc) is 3.44. The van der Waals surface area contributed by atoms with Crippen molar-refractivity contribution >= 4 is 11.9 Å². The minimum Gasteiger partial charge on any atom is -0.463 e. The zero-order chi connectivity index (χ0) is 26.4. The van der Waals surface area contributed by atoms with Gasteiger partial charge in [-0.3, -0.25) is 4.90 Å². The fourth-order valence-corrected chi connectivity index (χ4v) is 5.07. The zero-order valence-electron chi connectivity index (χ0n) is 22.1. The van der Waals surface area contributed by atoms with E-state index in [0.717, 1.165) is 42.3 Å². The molecule has 2 aromatic rings. The third-order valence-electron chi connectivity index (χ3n) is 6.91. The van der Waals surface area contributed by atoms with Crippen molar-refractivity contribution < 1.29 is 23.8 Å². The van der Waals surface area contributed by atoms with Crippen LogP contribution in [0.5, 0.6) is 0 Å². The summed E-state index contributed by atoms with van der Waals surface area (Å²) in [6, 6.07) is 7.80. The van der Waals surface area contributed by atoms with E-state index in [1.165, 1.54) is 0 Å². The van der Waals surface area contributed by atoms with Gasteiger partial charge in [0, 0.05) is 55.7 Å². The number of carbonyl (C=O) groups excluding carboxylic acids is 2. The van der Waals surface area contributed by atoms with E-state index in [0.29, 0.717) is 30.9 Å². The van der Waals surface area contributed by atoms with Gasteiger partial charge < -0.3 is 23.7 Å². The number of allylic oxidation sites excluding steroid dienone is 2. The number of benzene rings is 1. The number of hydrogen-bond acceptors (Lipinski definition) is 8. The van der Waals surface area contributed by atoms with Crippen LogP contribution in [0.25, 0.3) is 5.69 Å². The van der Waals surface area contributed by atoms with Gasteiger partial charge in [-0.25, -0.2) is 14.6 Å². The Morgan fingerprint density at radius 1 is 1.00 bits per heavy atom. The number of hydrogen-bond donors (Lipinski definition) is 0. The summed E-state index contributed by atoms with van der Waals surface area (Å²) >= 11 is 0. The molecule has 0 saturated carbocycles. The van der Waals surface area contributed by atoms with Gasteiger partial charge in [-0.2, -0.15) is 0 Å². The zero-order valence-corrected chi connectivity index (χ0v) is 22.1. The topological polar surface area (TPSA) is 86.1 Å². The van der Waals surface area contributed by atoms with Gasteiger partial charge in [0.2, 0.25) is 0 Å². The number of esters is 2. The Balaban J connectivity index is 1.81. The quantitative estimate of drug-likeness (QED) is 0.477. The Labute approximate surface area is 218 Å². The van der Waals surface area contributed by atoms with Gasteiger partial charge in [0.25, 0.3) is 0 Å². The molecule has 1 fully saturated rings. The molecule has 0 aliphatic carbocycles. The molecule has 1 saturated heterocycles. The summed E-state index contributed by atoms with van der Waals surface area (Å²) in [6.07, 6.45) is 5.28. The van der Waals surface area contributed by atoms with Gasteiger partial charge in [-0.1, -0.05) is 12.1 Å². The van der Waals surface area contributed by atoms with Crippen LogP contribution in [0.15, 0.2) is 65.5 Å². The molecule has 2 aliphatic heterocycles. The fourth-order valence-electron chi connectivity index (χ4n) is 5.07. The Morgan fingerprint density at radius 3 is 2.22 bits per heavy atom. The van der Waals surface area contributed by atoms with E-state index in [4.69, 9.17) is 14.2 Å². The molecule has 37 heavy (non-hydrogen) atoms. The second kappa shape index (κ2) is 12.2. The maximum absolute atomic E-state index is 13.5. The lowest BCUT2D eigenvalue weighted by Crippen LogP contribution is -2.43. The number of aromatic nitrogens is 2. The Bertz CT molecular complexity index is 1120. The minimum absolute atomic E-state index is 0.239. The van der Waals surface area contributed by atoms with Gasteiger partial charge in [-0.15, -0.1) is 0 Å². The minimum atomic E-state index is -0.624. The van der Waals surface area contributed by atoms with Crippen molar-refractivity contribution in [3.05, 3.63) is 71.1 Å². The van der Waals surface area contributed by atoms with Crippen molar-refractivity contribution in [1.29, 1.82) is 0 Å². The molecule has 0 atom stereocenters. The van der Waals surface area contributed by atoms with E-state index in [9.17, 15) is 9.59 Å². The van der Waals surface area contributed by atoms with Gasteiger partial charge >= 0.3 is 11.9 Å². The van der Waals surface area contributed by atoms with E-state index in [-0.39, 0.29) is 13.2 Å². The van der Waals surface area contributed by atoms with Crippen LogP contribution in [-0.4, -0.2) is 83.9 Å². The third kappa shape index (κ3) is 5.78. The first-order valence-electron chi connectivity index (χ1n) is 12.9. The summed E-state index contributed by atoms with van der Waals surface area (Å²) in [4.78, 5) is 35.5. The first kappa shape index (κ1) is 26.6. The predicted octanol–water partition coefficient (Wildman–Crippen LogP) is 3.28. The highest BCUT2D eigenvalue weighted by Crippen LogP contribution is 2.43. The summed E-state index contributed by atoms with van der Waals surface area (Å²) in [5.41, 5.74) is 4.18. The van der Waals surface area contributed by atoms with E-state index < -0.39 is 17.9 Å². The van der Waals surface area contributed by atoms with Gasteiger partial charge in [0.05, 0.1) is 49.8 Å². The third-order valence-corrected chi connectivity index (χ3v) is 6.91. The summed E-state index contributed by atoms with van der Waals surface area (Å²) in [5.74, 6) is -1.48. The van der Waals surface area contributed by atoms with Crippen LogP contribution in [0.3, 0.4) is 0 Å². The maximum Gasteiger partial charge on any atom is 0.336 e. The van der Waals surface area contributed by atoms with Gasteiger partial charge in [-0.05, 0) is 45.4 Å². The normalized spacial score (nSPS) is 17.4. The molecular formula is C28H36N4O5. The summed E-state index contributed by atoms with van der Waals surface area (Å²) in [6.45, 7) is 12.5. The number of imidazole rings is 1. The van der Waals surface area contributed by atoms with Gasteiger partial charge in [0.15, 0.2) is 0 Å². The van der Waals surface area contributed by atoms with Crippen molar-refractivity contribution in [2.75, 3.05) is 52.6 Å². The predicted molar refractivity (Wildman–Crippen MR) is 139 cm³/mol. The van der Waals surface area contributed by atoms with Crippen LogP contribution in [0.1, 0.15) is 39.2 Å². The molecule has 1 aromatic carbocycles. The van der Waals surface area contributed by atoms with Crippen molar-refractivity contribution in [3.63, 3.8) is 0 Å². The van der Waals surface area contributed by atoms with E-state index in [1.54, 1.807) is 26.4 Å². The molecule has 1 aromatic heterocycles. The molecule has 0 bridgehead atoms. The van der Waals surface area contributed by atoms with Crippen LogP contribution in [0.4, 0.5) is 0 Å². The standard InChI is InChI=1S/C28H36N4O5/c1-5-36-27(33)24-20(3)32(13-12-30-14-16-35-17-15-30)21(4)25(28(34)37-6-2)26(24)22-8-7-9-23(18-22)31-11-10-29-19-31/h7-11,18-19,26H,5-6,12-17H2,1-4H3. The summed E-state index contributed by atoms with van der Waals surface area (Å²) in [7, 11) is 0. The van der Waals surface area contributed by atoms with Crippen LogP contribution in [0.2, 0.25) is 0 Å². The first-order chi connectivity index (χ1) is 18.0. The van der Waals surface area contributed by atoms with Crippen molar-refractivity contribution in [2.45, 2.75) is 33.6 Å². The maximum atomic E-state index is 13.5. The smallest absolute Gasteiger partial charge is 0.336 e. The van der Waals surface area contributed by atoms with Crippen molar-refractivity contribution in [1.82, 2.24) is 19.4 Å². The molecular weight excluding hydrogens is 472 g/mol. The lowest BCUT2D eigenvalue weighted by atomic mass is 9.79. The lowest BCUT2D eigenvalue weighted by molar-refractivity contribution is -0.139. The highest BCUT2D eigenvalue weighted by atomic mass is 16.5. The summed E-state index contributed by atoms with van der Waals surface area (Å²) < 4.78 is 18.4. The molecule has 4 rings (SSSR count). The monoisotopic (exact) mass is 508 g/mol. The SMILES string of the molecule is CCOC(=O)C1=C(C)N(CCN2CCOCC2)C(C)=C(C(=O)OCC)C1c1cccc(-n2ccnc2)c1. The molecule has 198 valence electrons. The number of rotatable bonds is 9.